The predicted molar refractivity (Wildman–Crippen MR) is 127 cm³/mol. The van der Waals surface area contributed by atoms with E-state index in [0.717, 1.165) is 0 Å². The van der Waals surface area contributed by atoms with E-state index in [2.05, 4.69) is 4.90 Å². The van der Waals surface area contributed by atoms with Gasteiger partial charge in [-0.25, -0.2) is 9.59 Å². The van der Waals surface area contributed by atoms with E-state index >= 15 is 0 Å². The van der Waals surface area contributed by atoms with Crippen molar-refractivity contribution in [2.24, 2.45) is 5.92 Å². The van der Waals surface area contributed by atoms with Crippen molar-refractivity contribution in [3.63, 3.8) is 0 Å². The molecule has 0 radical (unpaired) electrons. The zero-order chi connectivity index (χ0) is 26.1. The third-order valence-corrected chi connectivity index (χ3v) is 6.92. The lowest BCUT2D eigenvalue weighted by Crippen LogP contribution is -2.61. The van der Waals surface area contributed by atoms with Gasteiger partial charge in [0.1, 0.15) is 13.1 Å². The molecule has 192 valence electrons. The van der Waals surface area contributed by atoms with Gasteiger partial charge in [-0.05, 0) is 61.9 Å². The number of nitrogens with zero attached hydrogens (tertiary/aromatic N) is 3. The molecule has 1 fully saturated rings. The third kappa shape index (κ3) is 5.40. The number of hydrogen-bond acceptors (Lipinski definition) is 5. The summed E-state index contributed by atoms with van der Waals surface area (Å²) < 4.78 is 38.9. The molecule has 0 N–H and O–H groups in total. The molecule has 2 aliphatic rings. The lowest BCUT2D eigenvalue weighted by molar-refractivity contribution is -0.235. The maximum atomic E-state index is 13.8. The molecule has 1 atom stereocenters. The summed E-state index contributed by atoms with van der Waals surface area (Å²) in [6.07, 6.45) is -4.04. The number of benzene rings is 2. The minimum absolute atomic E-state index is 0.0413. The Hall–Kier alpha value is -2.95. The van der Waals surface area contributed by atoms with Crippen LogP contribution in [0.1, 0.15) is 28.8 Å². The van der Waals surface area contributed by atoms with Crippen LogP contribution in [0.2, 0.25) is 5.02 Å². The zero-order valence-electron chi connectivity index (χ0n) is 19.6. The molecule has 2 aromatic rings. The Balaban J connectivity index is 1.77. The normalized spacial score (nSPS) is 21.6. The van der Waals surface area contributed by atoms with Gasteiger partial charge in [-0.3, -0.25) is 9.63 Å². The van der Waals surface area contributed by atoms with Crippen LogP contribution in [0.25, 0.3) is 0 Å². The average Bonchev–Trinajstić information content (AvgIpc) is 2.95. The number of hydrogen-bond donors (Lipinski definition) is 0. The number of likely N-dealkylation sites (tertiary alicyclic amines) is 1. The molecule has 0 aliphatic carbocycles. The molecule has 1 saturated heterocycles. The number of carbonyl (C=O) groups is 3. The summed E-state index contributed by atoms with van der Waals surface area (Å²) in [6.45, 7) is 0.687. The van der Waals surface area contributed by atoms with E-state index in [0.29, 0.717) is 36.5 Å². The van der Waals surface area contributed by atoms with Crippen molar-refractivity contribution < 1.29 is 32.4 Å². The molecule has 11 heteroatoms. The van der Waals surface area contributed by atoms with Crippen LogP contribution in [0.4, 0.5) is 18.9 Å². The monoisotopic (exact) mass is 524 g/mol. The quantitative estimate of drug-likeness (QED) is 0.561. The van der Waals surface area contributed by atoms with Crippen LogP contribution in [0.3, 0.4) is 0 Å². The molecule has 2 aliphatic heterocycles. The first-order valence-electron chi connectivity index (χ1n) is 11.5. The fraction of sp³-hybridized carbons (Fsp3) is 0.400. The lowest BCUT2D eigenvalue weighted by atomic mass is 9.95. The molecule has 36 heavy (non-hydrogen) atoms. The van der Waals surface area contributed by atoms with Gasteiger partial charge in [0, 0.05) is 28.1 Å². The summed E-state index contributed by atoms with van der Waals surface area (Å²) in [7, 11) is 1.94. The minimum Gasteiger partial charge on any atom is -0.320 e. The first kappa shape index (κ1) is 26.1. The first-order chi connectivity index (χ1) is 17.0. The fourth-order valence-electron chi connectivity index (χ4n) is 4.73. The van der Waals surface area contributed by atoms with E-state index in [1.54, 1.807) is 18.2 Å². The van der Waals surface area contributed by atoms with Crippen LogP contribution >= 0.6 is 11.6 Å². The van der Waals surface area contributed by atoms with Crippen LogP contribution in [-0.2, 0) is 21.0 Å². The highest BCUT2D eigenvalue weighted by Crippen LogP contribution is 2.37. The van der Waals surface area contributed by atoms with Gasteiger partial charge in [-0.15, -0.1) is 0 Å². The van der Waals surface area contributed by atoms with E-state index in [9.17, 15) is 27.6 Å². The number of carbonyl (C=O) groups excluding carboxylic acids is 3. The van der Waals surface area contributed by atoms with Crippen molar-refractivity contribution in [2.45, 2.75) is 25.6 Å². The molecule has 0 bridgehead atoms. The van der Waals surface area contributed by atoms with E-state index in [-0.39, 0.29) is 30.3 Å². The third-order valence-electron chi connectivity index (χ3n) is 6.67. The highest BCUT2D eigenvalue weighted by atomic mass is 35.5. The molecule has 2 aromatic carbocycles. The maximum Gasteiger partial charge on any atom is 0.497 e. The summed E-state index contributed by atoms with van der Waals surface area (Å²) in [6, 6.07) is 12.4. The molecule has 0 spiro atoms. The number of quaternary nitrogens is 1. The van der Waals surface area contributed by atoms with Crippen LogP contribution < -0.4 is 4.65 Å². The smallest absolute Gasteiger partial charge is 0.320 e. The number of halogens is 4. The first-order valence-corrected chi connectivity index (χ1v) is 11.9. The van der Waals surface area contributed by atoms with E-state index < -0.39 is 35.2 Å². The molecular formula is C25H26ClF3N3O4+. The highest BCUT2D eigenvalue weighted by molar-refractivity contribution is 6.30. The Morgan fingerprint density at radius 3 is 2.33 bits per heavy atom. The predicted octanol–water partition coefficient (Wildman–Crippen LogP) is 4.19. The SMILES string of the molecule is CN1CCC(C[N+]2(OC(=O)C(F)(F)F)C(=O)CN(C(=O)c3ccc(Cl)cc3)Cc3ccccc32)CC1. The Labute approximate surface area is 211 Å². The highest BCUT2D eigenvalue weighted by Gasteiger charge is 2.55. The van der Waals surface area contributed by atoms with Crippen LogP contribution in [0, 0.1) is 5.92 Å². The molecule has 2 amide bonds. The molecule has 7 nitrogen and oxygen atoms in total. The second-order valence-electron chi connectivity index (χ2n) is 9.24. The lowest BCUT2D eigenvalue weighted by Gasteiger charge is -2.36. The average molecular weight is 525 g/mol. The Bertz CT molecular complexity index is 1150. The van der Waals surface area contributed by atoms with Gasteiger partial charge < -0.3 is 9.80 Å². The molecule has 0 aromatic heterocycles. The number of amides is 2. The summed E-state index contributed by atoms with van der Waals surface area (Å²) in [5, 5.41) is 0.428. The summed E-state index contributed by atoms with van der Waals surface area (Å²) in [5.74, 6) is -3.93. The van der Waals surface area contributed by atoms with Crippen molar-refractivity contribution in [1.82, 2.24) is 14.4 Å². The van der Waals surface area contributed by atoms with Crippen molar-refractivity contribution in [2.75, 3.05) is 33.2 Å². The van der Waals surface area contributed by atoms with Crippen molar-refractivity contribution in [3.05, 3.63) is 64.7 Å². The van der Waals surface area contributed by atoms with Gasteiger partial charge >= 0.3 is 18.1 Å². The van der Waals surface area contributed by atoms with Crippen LogP contribution in [0.5, 0.6) is 0 Å². The summed E-state index contributed by atoms with van der Waals surface area (Å²) in [5.41, 5.74) is 0.825. The van der Waals surface area contributed by atoms with Gasteiger partial charge in [0.15, 0.2) is 5.69 Å². The Morgan fingerprint density at radius 2 is 1.69 bits per heavy atom. The van der Waals surface area contributed by atoms with E-state index in [1.807, 2.05) is 7.05 Å². The van der Waals surface area contributed by atoms with Gasteiger partial charge in [0.05, 0.1) is 6.54 Å². The standard InChI is InChI=1S/C25H26ClF3N3O4/c1-30-12-10-17(11-13-30)16-32(36-24(35)25(27,28)29)21-5-3-2-4-19(21)14-31(15-22(32)33)23(34)18-6-8-20(26)9-7-18/h2-9,17H,10-16H2,1H3/q+1. The van der Waals surface area contributed by atoms with Crippen molar-refractivity contribution in [1.29, 1.82) is 0 Å². The van der Waals surface area contributed by atoms with E-state index in [1.165, 1.54) is 35.2 Å². The van der Waals surface area contributed by atoms with Crippen molar-refractivity contribution in [3.8, 4) is 0 Å². The molecule has 4 rings (SSSR count). The van der Waals surface area contributed by atoms with Crippen molar-refractivity contribution >= 4 is 35.1 Å². The number of piperidine rings is 1. The van der Waals surface area contributed by atoms with Crippen LogP contribution in [0.15, 0.2) is 48.5 Å². The van der Waals surface area contributed by atoms with Crippen LogP contribution in [-0.4, -0.2) is 67.0 Å². The number of rotatable bonds is 4. The zero-order valence-corrected chi connectivity index (χ0v) is 20.4. The molecule has 1 unspecified atom stereocenters. The van der Waals surface area contributed by atoms with Gasteiger partial charge in [-0.2, -0.15) is 13.2 Å². The van der Waals surface area contributed by atoms with Gasteiger partial charge in [0.2, 0.25) is 0 Å². The fourth-order valence-corrected chi connectivity index (χ4v) is 4.85. The molecule has 0 saturated carbocycles. The summed E-state index contributed by atoms with van der Waals surface area (Å²) >= 11 is 5.92. The molecule has 2 heterocycles. The second-order valence-corrected chi connectivity index (χ2v) is 9.67. The minimum atomic E-state index is -5.29. The topological polar surface area (TPSA) is 66.9 Å². The summed E-state index contributed by atoms with van der Waals surface area (Å²) in [4.78, 5) is 47.7. The van der Waals surface area contributed by atoms with Gasteiger partial charge in [-0.1, -0.05) is 29.8 Å². The Kier molecular flexibility index (Phi) is 7.40. The second kappa shape index (κ2) is 10.2. The number of hydroxylamine groups is 2. The number of fused-ring (bicyclic) bond motifs is 1. The maximum absolute atomic E-state index is 13.8. The van der Waals surface area contributed by atoms with E-state index in [4.69, 9.17) is 16.4 Å². The Morgan fingerprint density at radius 1 is 1.06 bits per heavy atom. The number of alkyl halides is 3. The largest absolute Gasteiger partial charge is 0.497 e. The molecular weight excluding hydrogens is 499 g/mol. The number of para-hydroxylation sites is 1. The van der Waals surface area contributed by atoms with Gasteiger partial charge in [0.25, 0.3) is 5.91 Å².